The number of hydrogen-bond donors (Lipinski definition) is 2. The summed E-state index contributed by atoms with van der Waals surface area (Å²) >= 11 is 5.89. The fourth-order valence-corrected chi connectivity index (χ4v) is 6.79. The van der Waals surface area contributed by atoms with Gasteiger partial charge in [0.25, 0.3) is 0 Å². The van der Waals surface area contributed by atoms with Crippen LogP contribution < -0.4 is 10.6 Å². The second kappa shape index (κ2) is 10.7. The van der Waals surface area contributed by atoms with E-state index in [1.165, 1.54) is 0 Å². The van der Waals surface area contributed by atoms with Crippen molar-refractivity contribution in [2.75, 3.05) is 18.4 Å². The van der Waals surface area contributed by atoms with E-state index in [1.807, 2.05) is 32.9 Å². The molecule has 9 heteroatoms. The largest absolute Gasteiger partial charge is 0.348 e. The lowest BCUT2D eigenvalue weighted by molar-refractivity contribution is -0.136. The van der Waals surface area contributed by atoms with Crippen LogP contribution in [0, 0.1) is 20.8 Å². The van der Waals surface area contributed by atoms with Crippen LogP contribution >= 0.6 is 11.6 Å². The van der Waals surface area contributed by atoms with Gasteiger partial charge >= 0.3 is 11.8 Å². The van der Waals surface area contributed by atoms with Crippen molar-refractivity contribution >= 4 is 39.1 Å². The van der Waals surface area contributed by atoms with Crippen LogP contribution in [0.15, 0.2) is 41.3 Å². The molecule has 0 spiro atoms. The van der Waals surface area contributed by atoms with Crippen molar-refractivity contribution in [2.45, 2.75) is 57.4 Å². The zero-order valence-corrected chi connectivity index (χ0v) is 20.7. The Morgan fingerprint density at radius 2 is 1.76 bits per heavy atom. The third-order valence-electron chi connectivity index (χ3n) is 5.80. The highest BCUT2D eigenvalue weighted by Crippen LogP contribution is 2.31. The molecule has 2 amide bonds. The molecule has 0 radical (unpaired) electrons. The number of amides is 2. The lowest BCUT2D eigenvalue weighted by atomic mass is 10.0. The molecule has 2 N–H and O–H groups in total. The SMILES string of the molecule is Cc1cc(C)c(S(=O)(=O)N2CCCC[C@H]2CCNC(=O)C(=O)Nc2cccc(Cl)c2)c(C)c1. The summed E-state index contributed by atoms with van der Waals surface area (Å²) in [5.41, 5.74) is 2.93. The number of nitrogens with zero attached hydrogens (tertiary/aromatic N) is 1. The van der Waals surface area contributed by atoms with Crippen molar-refractivity contribution in [2.24, 2.45) is 0 Å². The van der Waals surface area contributed by atoms with Crippen LogP contribution in [0.2, 0.25) is 5.02 Å². The Kier molecular flexibility index (Phi) is 8.15. The number of aryl methyl sites for hydroxylation is 3. The van der Waals surface area contributed by atoms with Crippen LogP contribution in [0.3, 0.4) is 0 Å². The van der Waals surface area contributed by atoms with Gasteiger partial charge < -0.3 is 10.6 Å². The molecule has 1 atom stereocenters. The zero-order valence-electron chi connectivity index (χ0n) is 19.2. The molecular formula is C24H30ClN3O4S. The minimum Gasteiger partial charge on any atom is -0.348 e. The van der Waals surface area contributed by atoms with Gasteiger partial charge in [-0.25, -0.2) is 8.42 Å². The first-order valence-corrected chi connectivity index (χ1v) is 12.9. The van der Waals surface area contributed by atoms with E-state index in [0.29, 0.717) is 35.0 Å². The molecule has 1 saturated heterocycles. The predicted molar refractivity (Wildman–Crippen MR) is 130 cm³/mol. The van der Waals surface area contributed by atoms with Crippen LogP contribution in [0.1, 0.15) is 42.4 Å². The number of nitrogens with one attached hydrogen (secondary N) is 2. The van der Waals surface area contributed by atoms with Crippen LogP contribution in [0.25, 0.3) is 0 Å². The second-order valence-electron chi connectivity index (χ2n) is 8.50. The molecule has 1 heterocycles. The third-order valence-corrected chi connectivity index (χ3v) is 8.29. The van der Waals surface area contributed by atoms with Gasteiger partial charge in [-0.05, 0) is 69.4 Å². The second-order valence-corrected chi connectivity index (χ2v) is 10.8. The molecule has 2 aromatic carbocycles. The van der Waals surface area contributed by atoms with Crippen molar-refractivity contribution in [3.63, 3.8) is 0 Å². The molecule has 2 aromatic rings. The van der Waals surface area contributed by atoms with E-state index in [2.05, 4.69) is 10.6 Å². The molecule has 1 fully saturated rings. The van der Waals surface area contributed by atoms with Gasteiger partial charge in [0.05, 0.1) is 4.90 Å². The Morgan fingerprint density at radius 3 is 2.42 bits per heavy atom. The van der Waals surface area contributed by atoms with Gasteiger partial charge in [-0.2, -0.15) is 4.31 Å². The molecule has 3 rings (SSSR count). The number of benzene rings is 2. The molecule has 1 aliphatic rings. The number of sulfonamides is 1. The fourth-order valence-electron chi connectivity index (χ4n) is 4.46. The van der Waals surface area contributed by atoms with Gasteiger partial charge in [-0.3, -0.25) is 9.59 Å². The highest BCUT2D eigenvalue weighted by Gasteiger charge is 2.35. The van der Waals surface area contributed by atoms with Gasteiger partial charge in [0.2, 0.25) is 10.0 Å². The van der Waals surface area contributed by atoms with E-state index in [1.54, 1.807) is 28.6 Å². The monoisotopic (exact) mass is 491 g/mol. The van der Waals surface area contributed by atoms with Gasteiger partial charge in [0.15, 0.2) is 0 Å². The molecule has 0 aromatic heterocycles. The number of anilines is 1. The maximum absolute atomic E-state index is 13.6. The molecule has 178 valence electrons. The van der Waals surface area contributed by atoms with Gasteiger partial charge in [0.1, 0.15) is 0 Å². The number of halogens is 1. The van der Waals surface area contributed by atoms with E-state index >= 15 is 0 Å². The first-order valence-electron chi connectivity index (χ1n) is 11.0. The van der Waals surface area contributed by atoms with Crippen LogP contribution in [0.4, 0.5) is 5.69 Å². The summed E-state index contributed by atoms with van der Waals surface area (Å²) in [5.74, 6) is -1.57. The molecule has 1 aliphatic heterocycles. The summed E-state index contributed by atoms with van der Waals surface area (Å²) < 4.78 is 28.7. The van der Waals surface area contributed by atoms with E-state index in [9.17, 15) is 18.0 Å². The Morgan fingerprint density at radius 1 is 1.06 bits per heavy atom. The number of rotatable bonds is 6. The lowest BCUT2D eigenvalue weighted by Gasteiger charge is -2.35. The maximum atomic E-state index is 13.6. The van der Waals surface area contributed by atoms with Gasteiger partial charge in [-0.15, -0.1) is 0 Å². The Balaban J connectivity index is 1.64. The first-order chi connectivity index (χ1) is 15.6. The van der Waals surface area contributed by atoms with E-state index in [-0.39, 0.29) is 12.6 Å². The van der Waals surface area contributed by atoms with Gasteiger partial charge in [-0.1, -0.05) is 41.8 Å². The third kappa shape index (κ3) is 6.13. The lowest BCUT2D eigenvalue weighted by Crippen LogP contribution is -2.46. The maximum Gasteiger partial charge on any atom is 0.313 e. The van der Waals surface area contributed by atoms with Crippen LogP contribution in [-0.4, -0.2) is 43.7 Å². The zero-order chi connectivity index (χ0) is 24.2. The first kappa shape index (κ1) is 25.2. The van der Waals surface area contributed by atoms with E-state index in [4.69, 9.17) is 11.6 Å². The Bertz CT molecular complexity index is 1130. The Hall–Kier alpha value is -2.42. The summed E-state index contributed by atoms with van der Waals surface area (Å²) in [7, 11) is -3.67. The van der Waals surface area contributed by atoms with E-state index < -0.39 is 21.8 Å². The standard InChI is InChI=1S/C24H30ClN3O4S/c1-16-13-17(2)22(18(3)14-16)33(31,32)28-12-5-4-9-21(28)10-11-26-23(29)24(30)27-20-8-6-7-19(25)15-20/h6-8,13-15,21H,4-5,9-12H2,1-3H3,(H,26,29)(H,27,30)/t21-/m0/s1. The quantitative estimate of drug-likeness (QED) is 0.598. The number of carbonyl (C=O) groups is 2. The molecule has 7 nitrogen and oxygen atoms in total. The molecule has 0 saturated carbocycles. The summed E-state index contributed by atoms with van der Waals surface area (Å²) in [6, 6.07) is 10.1. The molecule has 0 unspecified atom stereocenters. The minimum absolute atomic E-state index is 0.199. The highest BCUT2D eigenvalue weighted by atomic mass is 35.5. The van der Waals surface area contributed by atoms with Crippen LogP contribution in [0.5, 0.6) is 0 Å². The smallest absolute Gasteiger partial charge is 0.313 e. The molecular weight excluding hydrogens is 462 g/mol. The van der Waals surface area contributed by atoms with E-state index in [0.717, 1.165) is 29.5 Å². The fraction of sp³-hybridized carbons (Fsp3) is 0.417. The summed E-state index contributed by atoms with van der Waals surface area (Å²) in [6.45, 7) is 6.24. The van der Waals surface area contributed by atoms with Crippen molar-refractivity contribution in [3.05, 3.63) is 58.1 Å². The topological polar surface area (TPSA) is 95.6 Å². The van der Waals surface area contributed by atoms with Crippen molar-refractivity contribution in [1.82, 2.24) is 9.62 Å². The summed E-state index contributed by atoms with van der Waals surface area (Å²) in [5, 5.41) is 5.55. The number of hydrogen-bond acceptors (Lipinski definition) is 4. The van der Waals surface area contributed by atoms with Gasteiger partial charge in [0, 0.05) is 29.8 Å². The van der Waals surface area contributed by atoms with Crippen LogP contribution in [-0.2, 0) is 19.6 Å². The van der Waals surface area contributed by atoms with Crippen molar-refractivity contribution < 1.29 is 18.0 Å². The van der Waals surface area contributed by atoms with Crippen molar-refractivity contribution in [3.8, 4) is 0 Å². The predicted octanol–water partition coefficient (Wildman–Crippen LogP) is 3.95. The average molecular weight is 492 g/mol. The number of piperidine rings is 1. The normalized spacial score (nSPS) is 16.9. The molecule has 0 aliphatic carbocycles. The Labute approximate surface area is 200 Å². The summed E-state index contributed by atoms with van der Waals surface area (Å²) in [4.78, 5) is 24.7. The highest BCUT2D eigenvalue weighted by molar-refractivity contribution is 7.89. The average Bonchev–Trinajstić information content (AvgIpc) is 2.73. The summed E-state index contributed by atoms with van der Waals surface area (Å²) in [6.07, 6.45) is 2.87. The molecule has 0 bridgehead atoms. The minimum atomic E-state index is -3.67. The molecule has 33 heavy (non-hydrogen) atoms. The number of carbonyl (C=O) groups excluding carboxylic acids is 2. The van der Waals surface area contributed by atoms with Crippen molar-refractivity contribution in [1.29, 1.82) is 0 Å².